The van der Waals surface area contributed by atoms with Crippen molar-refractivity contribution < 1.29 is 32.2 Å². The number of carbonyl (C=O) groups excluding carboxylic acids is 2. The molecule has 1 aliphatic carbocycles. The van der Waals surface area contributed by atoms with Crippen LogP contribution in [0.25, 0.3) is 5.57 Å². The highest BCUT2D eigenvalue weighted by atomic mass is 19.4. The minimum absolute atomic E-state index is 0.133. The highest BCUT2D eigenvalue weighted by Crippen LogP contribution is 2.50. The summed E-state index contributed by atoms with van der Waals surface area (Å²) in [4.78, 5) is 26.3. The van der Waals surface area contributed by atoms with Crippen molar-refractivity contribution in [2.24, 2.45) is 0 Å². The molecule has 1 fully saturated rings. The second kappa shape index (κ2) is 7.54. The minimum Gasteiger partial charge on any atom is -0.486 e. The molecule has 0 bridgehead atoms. The van der Waals surface area contributed by atoms with Gasteiger partial charge in [-0.25, -0.2) is 0 Å². The van der Waals surface area contributed by atoms with Crippen LogP contribution in [0.4, 0.5) is 24.5 Å². The maximum absolute atomic E-state index is 13.2. The molecule has 6 nitrogen and oxygen atoms in total. The molecule has 0 saturated heterocycles. The number of halogens is 3. The lowest BCUT2D eigenvalue weighted by molar-refractivity contribution is -0.138. The smallest absolute Gasteiger partial charge is 0.416 e. The maximum atomic E-state index is 13.2. The average molecular weight is 458 g/mol. The average Bonchev–Trinajstić information content (AvgIpc) is 2.74. The summed E-state index contributed by atoms with van der Waals surface area (Å²) >= 11 is 0. The molecule has 2 amide bonds. The number of nitrogens with zero attached hydrogens (tertiary/aromatic N) is 1. The predicted octanol–water partition coefficient (Wildman–Crippen LogP) is 4.79. The number of hydrogen-bond acceptors (Lipinski definition) is 4. The van der Waals surface area contributed by atoms with Crippen LogP contribution in [0, 0.1) is 0 Å². The third-order valence-corrected chi connectivity index (χ3v) is 6.39. The molecule has 0 aromatic heterocycles. The first-order valence-electron chi connectivity index (χ1n) is 10.6. The predicted molar refractivity (Wildman–Crippen MR) is 115 cm³/mol. The van der Waals surface area contributed by atoms with E-state index in [1.165, 1.54) is 17.0 Å². The third kappa shape index (κ3) is 3.81. The fourth-order valence-electron chi connectivity index (χ4n) is 4.47. The molecule has 1 spiro atoms. The summed E-state index contributed by atoms with van der Waals surface area (Å²) in [7, 11) is 1.63. The lowest BCUT2D eigenvalue weighted by atomic mass is 9.72. The summed E-state index contributed by atoms with van der Waals surface area (Å²) in [6, 6.07) is 8.45. The Morgan fingerprint density at radius 3 is 2.70 bits per heavy atom. The minimum atomic E-state index is -4.48. The molecular weight excluding hydrogens is 437 g/mol. The van der Waals surface area contributed by atoms with Gasteiger partial charge in [-0.05, 0) is 49.1 Å². The fourth-order valence-corrected chi connectivity index (χ4v) is 4.47. The van der Waals surface area contributed by atoms with E-state index < -0.39 is 23.2 Å². The van der Waals surface area contributed by atoms with E-state index in [2.05, 4.69) is 5.32 Å². The van der Waals surface area contributed by atoms with E-state index >= 15 is 0 Å². The number of para-hydroxylation sites is 1. The number of carbonyl (C=O) groups is 2. The molecule has 9 heteroatoms. The summed E-state index contributed by atoms with van der Waals surface area (Å²) in [5.74, 6) is -0.0981. The summed E-state index contributed by atoms with van der Waals surface area (Å²) in [6.07, 6.45) is -0.256. The SMILES string of the molecule is CN1C(=O)COc2c(NC(=O)/C=C3\CC4(CCC4)Oc4cc(C(F)(F)F)ccc43)cccc21. The van der Waals surface area contributed by atoms with Gasteiger partial charge in [0.2, 0.25) is 5.91 Å². The number of rotatable bonds is 2. The second-order valence-electron chi connectivity index (χ2n) is 8.58. The standard InChI is InChI=1S/C24H21F3N2O4/c1-29-18-5-2-4-17(22(18)32-13-21(29)31)28-20(30)10-14-12-23(8-3-9-23)33-19-11-15(24(25,26)27)6-7-16(14)19/h2,4-7,10-11H,3,8-9,12-13H2,1H3,(H,28,30)/b14-10+. The van der Waals surface area contributed by atoms with Crippen LogP contribution in [-0.2, 0) is 15.8 Å². The van der Waals surface area contributed by atoms with Crippen LogP contribution in [0.15, 0.2) is 42.5 Å². The molecule has 1 saturated carbocycles. The zero-order valence-corrected chi connectivity index (χ0v) is 17.8. The molecule has 5 rings (SSSR count). The van der Waals surface area contributed by atoms with Gasteiger partial charge >= 0.3 is 6.18 Å². The lowest BCUT2D eigenvalue weighted by Crippen LogP contribution is -2.45. The van der Waals surface area contributed by atoms with Gasteiger partial charge in [-0.3, -0.25) is 9.59 Å². The van der Waals surface area contributed by atoms with Crippen molar-refractivity contribution in [3.63, 3.8) is 0 Å². The molecule has 3 aliphatic rings. The topological polar surface area (TPSA) is 67.9 Å². The first kappa shape index (κ1) is 21.4. The molecule has 2 heterocycles. The van der Waals surface area contributed by atoms with Crippen molar-refractivity contribution in [3.05, 3.63) is 53.6 Å². The quantitative estimate of drug-likeness (QED) is 0.658. The van der Waals surface area contributed by atoms with Crippen LogP contribution in [0.1, 0.15) is 36.8 Å². The fraction of sp³-hybridized carbons (Fsp3) is 0.333. The number of likely N-dealkylation sites (N-methyl/N-ethyl adjacent to an activating group) is 1. The molecule has 0 radical (unpaired) electrons. The van der Waals surface area contributed by atoms with E-state index in [0.29, 0.717) is 34.7 Å². The third-order valence-electron chi connectivity index (χ3n) is 6.39. The number of nitrogens with one attached hydrogen (secondary N) is 1. The molecule has 0 unspecified atom stereocenters. The second-order valence-corrected chi connectivity index (χ2v) is 8.58. The summed E-state index contributed by atoms with van der Waals surface area (Å²) in [5.41, 5.74) is 0.704. The number of hydrogen-bond donors (Lipinski definition) is 1. The first-order chi connectivity index (χ1) is 15.7. The number of fused-ring (bicyclic) bond motifs is 2. The molecule has 2 aromatic carbocycles. The van der Waals surface area contributed by atoms with E-state index in [1.54, 1.807) is 25.2 Å². The van der Waals surface area contributed by atoms with Gasteiger partial charge in [-0.15, -0.1) is 0 Å². The molecule has 2 aromatic rings. The van der Waals surface area contributed by atoms with Crippen LogP contribution in [-0.4, -0.2) is 31.1 Å². The Kier molecular flexibility index (Phi) is 4.88. The Labute approximate surface area is 188 Å². The molecule has 172 valence electrons. The van der Waals surface area contributed by atoms with Crippen molar-refractivity contribution >= 4 is 28.8 Å². The Morgan fingerprint density at radius 1 is 1.21 bits per heavy atom. The largest absolute Gasteiger partial charge is 0.486 e. The Balaban J connectivity index is 1.46. The first-order valence-corrected chi connectivity index (χ1v) is 10.6. The van der Waals surface area contributed by atoms with Crippen molar-refractivity contribution in [1.82, 2.24) is 0 Å². The molecule has 0 atom stereocenters. The monoisotopic (exact) mass is 458 g/mol. The Morgan fingerprint density at radius 2 is 2.00 bits per heavy atom. The number of benzene rings is 2. The van der Waals surface area contributed by atoms with Crippen LogP contribution in [0.3, 0.4) is 0 Å². The van der Waals surface area contributed by atoms with Crippen molar-refractivity contribution in [1.29, 1.82) is 0 Å². The van der Waals surface area contributed by atoms with Crippen LogP contribution in [0.5, 0.6) is 11.5 Å². The van der Waals surface area contributed by atoms with Gasteiger partial charge in [0.15, 0.2) is 12.4 Å². The van der Waals surface area contributed by atoms with Gasteiger partial charge in [-0.1, -0.05) is 12.1 Å². The van der Waals surface area contributed by atoms with Crippen molar-refractivity contribution in [2.45, 2.75) is 37.5 Å². The zero-order valence-electron chi connectivity index (χ0n) is 17.8. The van der Waals surface area contributed by atoms with Crippen LogP contribution < -0.4 is 19.7 Å². The zero-order chi connectivity index (χ0) is 23.4. The molecule has 33 heavy (non-hydrogen) atoms. The van der Waals surface area contributed by atoms with Gasteiger partial charge in [0, 0.05) is 25.1 Å². The number of anilines is 2. The normalized spacial score (nSPS) is 19.8. The Hall–Kier alpha value is -3.49. The molecular formula is C24H21F3N2O4. The maximum Gasteiger partial charge on any atom is 0.416 e. The summed E-state index contributed by atoms with van der Waals surface area (Å²) < 4.78 is 51.2. The summed E-state index contributed by atoms with van der Waals surface area (Å²) in [6.45, 7) is -0.133. The van der Waals surface area contributed by atoms with Gasteiger partial charge in [0.05, 0.1) is 16.9 Å². The van der Waals surface area contributed by atoms with Gasteiger partial charge in [0.25, 0.3) is 5.91 Å². The molecule has 2 aliphatic heterocycles. The highest BCUT2D eigenvalue weighted by molar-refractivity contribution is 6.07. The van der Waals surface area contributed by atoms with Gasteiger partial charge in [-0.2, -0.15) is 13.2 Å². The van der Waals surface area contributed by atoms with Gasteiger partial charge in [0.1, 0.15) is 11.4 Å². The summed E-state index contributed by atoms with van der Waals surface area (Å²) in [5, 5.41) is 2.78. The van der Waals surface area contributed by atoms with E-state index in [1.807, 2.05) is 0 Å². The Bertz CT molecular complexity index is 1180. The van der Waals surface area contributed by atoms with Crippen molar-refractivity contribution in [2.75, 3.05) is 23.9 Å². The number of alkyl halides is 3. The van der Waals surface area contributed by atoms with E-state index in [9.17, 15) is 22.8 Å². The number of ether oxygens (including phenoxy) is 2. The van der Waals surface area contributed by atoms with Crippen molar-refractivity contribution in [3.8, 4) is 11.5 Å². The lowest BCUT2D eigenvalue weighted by Gasteiger charge is -2.46. The van der Waals surface area contributed by atoms with Crippen LogP contribution >= 0.6 is 0 Å². The number of amides is 2. The molecule has 1 N–H and O–H groups in total. The van der Waals surface area contributed by atoms with E-state index in [-0.39, 0.29) is 18.3 Å². The van der Waals surface area contributed by atoms with Crippen LogP contribution in [0.2, 0.25) is 0 Å². The van der Waals surface area contributed by atoms with E-state index in [4.69, 9.17) is 9.47 Å². The highest BCUT2D eigenvalue weighted by Gasteiger charge is 2.44. The van der Waals surface area contributed by atoms with Gasteiger partial charge < -0.3 is 19.7 Å². The van der Waals surface area contributed by atoms with E-state index in [0.717, 1.165) is 31.4 Å².